The van der Waals surface area contributed by atoms with Crippen molar-refractivity contribution in [2.24, 2.45) is 5.41 Å². The van der Waals surface area contributed by atoms with Crippen LogP contribution in [0.4, 0.5) is 0 Å². The van der Waals surface area contributed by atoms with Crippen molar-refractivity contribution in [2.75, 3.05) is 21.1 Å². The fourth-order valence-corrected chi connectivity index (χ4v) is 5.44. The molecule has 32 heavy (non-hydrogen) atoms. The first kappa shape index (κ1) is 30.8. The van der Waals surface area contributed by atoms with Gasteiger partial charge in [0.25, 0.3) is 0 Å². The molecule has 7 nitrogen and oxygen atoms in total. The molecule has 0 spiro atoms. The van der Waals surface area contributed by atoms with Crippen LogP contribution < -0.4 is 5.11 Å². The van der Waals surface area contributed by atoms with E-state index in [9.17, 15) is 30.0 Å². The fourth-order valence-electron chi connectivity index (χ4n) is 5.44. The van der Waals surface area contributed by atoms with Crippen LogP contribution in [-0.4, -0.2) is 70.6 Å². The number of carboxylic acid groups (broad SMARTS) is 2. The molecule has 0 aromatic rings. The molecule has 3 unspecified atom stereocenters. The third kappa shape index (κ3) is 8.31. The van der Waals surface area contributed by atoms with Crippen LogP contribution in [0.2, 0.25) is 0 Å². The summed E-state index contributed by atoms with van der Waals surface area (Å²) in [4.78, 5) is 25.4. The Bertz CT molecular complexity index is 545. The van der Waals surface area contributed by atoms with Crippen LogP contribution in [0.25, 0.3) is 0 Å². The van der Waals surface area contributed by atoms with Crippen molar-refractivity contribution in [3.63, 3.8) is 0 Å². The van der Waals surface area contributed by atoms with E-state index in [1.165, 1.54) is 46.0 Å². The second-order valence-electron chi connectivity index (χ2n) is 10.6. The molecule has 0 amide bonds. The summed E-state index contributed by atoms with van der Waals surface area (Å²) in [5, 5.41) is 43.3. The first-order chi connectivity index (χ1) is 14.8. The topological polar surface area (TPSA) is 118 Å². The normalized spacial score (nSPS) is 17.9. The highest BCUT2D eigenvalue weighted by Gasteiger charge is 2.65. The zero-order valence-corrected chi connectivity index (χ0v) is 21.4. The van der Waals surface area contributed by atoms with Crippen LogP contribution in [0.15, 0.2) is 0 Å². The molecule has 190 valence electrons. The monoisotopic (exact) mass is 459 g/mol. The van der Waals surface area contributed by atoms with Gasteiger partial charge in [0.05, 0.1) is 33.4 Å². The molecule has 0 radical (unpaired) electrons. The third-order valence-electron chi connectivity index (χ3n) is 6.86. The molecule has 0 fully saturated rings. The molecule has 3 atom stereocenters. The first-order valence-electron chi connectivity index (χ1n) is 12.4. The summed E-state index contributed by atoms with van der Waals surface area (Å²) in [5.41, 5.74) is -3.67. The predicted molar refractivity (Wildman–Crippen MR) is 125 cm³/mol. The minimum atomic E-state index is -1.87. The Morgan fingerprint density at radius 2 is 1.19 bits per heavy atom. The SMILES string of the molecule is CCCCCCCCCCCCC(C(=O)[O-])(C(CC(C)O)(CC(C)O)C(=O)O)[N+](C)(C)C. The molecular formula is C25H49NO6. The number of aliphatic hydroxyl groups excluding tert-OH is 2. The van der Waals surface area contributed by atoms with E-state index in [2.05, 4.69) is 6.92 Å². The smallest absolute Gasteiger partial charge is 0.316 e. The van der Waals surface area contributed by atoms with E-state index in [-0.39, 0.29) is 23.7 Å². The van der Waals surface area contributed by atoms with Crippen LogP contribution >= 0.6 is 0 Å². The maximum absolute atomic E-state index is 12.7. The molecule has 0 aliphatic rings. The van der Waals surface area contributed by atoms with Crippen molar-refractivity contribution in [3.8, 4) is 0 Å². The van der Waals surface area contributed by atoms with Gasteiger partial charge in [-0.3, -0.25) is 4.79 Å². The van der Waals surface area contributed by atoms with Gasteiger partial charge < -0.3 is 29.7 Å². The number of unbranched alkanes of at least 4 members (excludes halogenated alkanes) is 9. The highest BCUT2D eigenvalue weighted by molar-refractivity contribution is 5.88. The average Bonchev–Trinajstić information content (AvgIpc) is 2.63. The quantitative estimate of drug-likeness (QED) is 0.202. The van der Waals surface area contributed by atoms with Gasteiger partial charge in [-0.15, -0.1) is 0 Å². The lowest BCUT2D eigenvalue weighted by Crippen LogP contribution is -2.76. The maximum atomic E-state index is 12.7. The van der Waals surface area contributed by atoms with Gasteiger partial charge in [0.1, 0.15) is 11.4 Å². The molecule has 7 heteroatoms. The minimum Gasteiger partial charge on any atom is -0.544 e. The second kappa shape index (κ2) is 14.2. The number of aliphatic hydroxyl groups is 2. The van der Waals surface area contributed by atoms with Gasteiger partial charge in [0, 0.05) is 6.42 Å². The number of rotatable bonds is 19. The third-order valence-corrected chi connectivity index (χ3v) is 6.86. The van der Waals surface area contributed by atoms with E-state index < -0.39 is 35.1 Å². The minimum absolute atomic E-state index is 0.112. The van der Waals surface area contributed by atoms with E-state index in [0.29, 0.717) is 6.42 Å². The Morgan fingerprint density at radius 3 is 1.47 bits per heavy atom. The molecule has 0 aliphatic carbocycles. The summed E-state index contributed by atoms with van der Waals surface area (Å²) >= 11 is 0. The number of likely N-dealkylation sites (N-methyl/N-ethyl adjacent to an activating group) is 1. The predicted octanol–water partition coefficient (Wildman–Crippen LogP) is 3.11. The number of hydrogen-bond donors (Lipinski definition) is 3. The summed E-state index contributed by atoms with van der Waals surface area (Å²) in [6, 6.07) is 0. The van der Waals surface area contributed by atoms with Crippen LogP contribution in [-0.2, 0) is 9.59 Å². The van der Waals surface area contributed by atoms with E-state index in [1.807, 2.05) is 0 Å². The Morgan fingerprint density at radius 1 is 0.812 bits per heavy atom. The van der Waals surface area contributed by atoms with Gasteiger partial charge in [-0.1, -0.05) is 64.7 Å². The fraction of sp³-hybridized carbons (Fsp3) is 0.920. The number of carbonyl (C=O) groups is 2. The van der Waals surface area contributed by atoms with Crippen molar-refractivity contribution in [2.45, 2.75) is 122 Å². The summed E-state index contributed by atoms with van der Waals surface area (Å²) in [6.45, 7) is 5.11. The molecule has 3 N–H and O–H groups in total. The molecule has 0 rings (SSSR count). The van der Waals surface area contributed by atoms with E-state index in [4.69, 9.17) is 0 Å². The molecule has 0 saturated heterocycles. The van der Waals surface area contributed by atoms with Crippen LogP contribution in [0.5, 0.6) is 0 Å². The Labute approximate surface area is 195 Å². The van der Waals surface area contributed by atoms with Crippen molar-refractivity contribution in [3.05, 3.63) is 0 Å². The van der Waals surface area contributed by atoms with Crippen molar-refractivity contribution in [1.29, 1.82) is 0 Å². The van der Waals surface area contributed by atoms with E-state index in [1.54, 1.807) is 21.1 Å². The lowest BCUT2D eigenvalue weighted by molar-refractivity contribution is -0.924. The first-order valence-corrected chi connectivity index (χ1v) is 12.4. The molecule has 0 heterocycles. The van der Waals surface area contributed by atoms with E-state index >= 15 is 0 Å². The number of quaternary nitrogens is 1. The summed E-state index contributed by atoms with van der Waals surface area (Å²) in [7, 11) is 4.98. The van der Waals surface area contributed by atoms with Crippen LogP contribution in [0, 0.1) is 5.41 Å². The molecule has 0 aromatic heterocycles. The van der Waals surface area contributed by atoms with Crippen molar-refractivity contribution < 1.29 is 34.5 Å². The number of carbonyl (C=O) groups excluding carboxylic acids is 1. The summed E-state index contributed by atoms with van der Waals surface area (Å²) < 4.78 is -0.168. The molecule has 0 saturated carbocycles. The van der Waals surface area contributed by atoms with Gasteiger partial charge >= 0.3 is 5.97 Å². The molecule has 0 bridgehead atoms. The van der Waals surface area contributed by atoms with Crippen LogP contribution in [0.3, 0.4) is 0 Å². The summed E-state index contributed by atoms with van der Waals surface area (Å²) in [6.07, 6.45) is 8.32. The average molecular weight is 460 g/mol. The lowest BCUT2D eigenvalue weighted by atomic mass is 9.59. The van der Waals surface area contributed by atoms with Gasteiger partial charge in [0.15, 0.2) is 5.54 Å². The molecular weight excluding hydrogens is 410 g/mol. The van der Waals surface area contributed by atoms with Gasteiger partial charge in [-0.05, 0) is 33.1 Å². The highest BCUT2D eigenvalue weighted by atomic mass is 16.4. The number of aliphatic carboxylic acids is 2. The maximum Gasteiger partial charge on any atom is 0.316 e. The van der Waals surface area contributed by atoms with Crippen molar-refractivity contribution in [1.82, 2.24) is 0 Å². The number of nitrogens with zero attached hydrogens (tertiary/aromatic N) is 1. The number of hydrogen-bond acceptors (Lipinski definition) is 5. The summed E-state index contributed by atoms with van der Waals surface area (Å²) in [5.74, 6) is -2.76. The number of carboxylic acids is 2. The van der Waals surface area contributed by atoms with Crippen molar-refractivity contribution >= 4 is 11.9 Å². The zero-order chi connectivity index (χ0) is 25.0. The zero-order valence-electron chi connectivity index (χ0n) is 21.4. The Balaban J connectivity index is 5.58. The molecule has 0 aromatic carbocycles. The Kier molecular flexibility index (Phi) is 13.6. The van der Waals surface area contributed by atoms with Gasteiger partial charge in [-0.25, -0.2) is 0 Å². The van der Waals surface area contributed by atoms with Gasteiger partial charge in [-0.2, -0.15) is 0 Å². The van der Waals surface area contributed by atoms with E-state index in [0.717, 1.165) is 25.7 Å². The Hall–Kier alpha value is -1.18. The molecule has 0 aliphatic heterocycles. The second-order valence-corrected chi connectivity index (χ2v) is 10.6. The highest BCUT2D eigenvalue weighted by Crippen LogP contribution is 2.49. The lowest BCUT2D eigenvalue weighted by Gasteiger charge is -2.56. The van der Waals surface area contributed by atoms with Crippen LogP contribution in [0.1, 0.15) is 104 Å². The largest absolute Gasteiger partial charge is 0.544 e. The van der Waals surface area contributed by atoms with Gasteiger partial charge in [0.2, 0.25) is 0 Å². The standard InChI is InChI=1S/C25H49NO6/c1-7-8-9-10-11-12-13-14-15-16-17-25(23(31)32,26(4,5)6)24(22(29)30,18-20(2)27)19-21(3)28/h20-21,27-28H,7-19H2,1-6H3,(H-,29,30,31,32).